The van der Waals surface area contributed by atoms with Crippen LogP contribution in [0.15, 0.2) is 12.4 Å². The largest absolute Gasteiger partial charge is 0.354 e. The van der Waals surface area contributed by atoms with E-state index < -0.39 is 0 Å². The maximum absolute atomic E-state index is 11.6. The van der Waals surface area contributed by atoms with Crippen LogP contribution in [0.25, 0.3) is 0 Å². The fraction of sp³-hybridized carbons (Fsp3) is 0.706. The first-order chi connectivity index (χ1) is 10.1. The fourth-order valence-electron chi connectivity index (χ4n) is 3.14. The minimum atomic E-state index is 0.217. The molecule has 0 bridgehead atoms. The van der Waals surface area contributed by atoms with Gasteiger partial charge in [0.1, 0.15) is 0 Å². The summed E-state index contributed by atoms with van der Waals surface area (Å²) in [6.07, 6.45) is 11.2. The zero-order valence-electron chi connectivity index (χ0n) is 13.7. The van der Waals surface area contributed by atoms with Gasteiger partial charge in [-0.25, -0.2) is 0 Å². The Hall–Kier alpha value is -1.29. The smallest absolute Gasteiger partial charge is 0.222 e. The Morgan fingerprint density at radius 3 is 2.90 bits per heavy atom. The molecule has 4 heteroatoms. The van der Waals surface area contributed by atoms with Gasteiger partial charge in [0.05, 0.1) is 0 Å². The van der Waals surface area contributed by atoms with E-state index in [1.807, 2.05) is 14.1 Å². The molecule has 0 fully saturated rings. The van der Waals surface area contributed by atoms with E-state index in [9.17, 15) is 4.79 Å². The van der Waals surface area contributed by atoms with Gasteiger partial charge in [-0.2, -0.15) is 0 Å². The van der Waals surface area contributed by atoms with Crippen molar-refractivity contribution in [1.82, 2.24) is 14.8 Å². The predicted octanol–water partition coefficient (Wildman–Crippen LogP) is 2.73. The number of hydrogen-bond donors (Lipinski definition) is 1. The number of aromatic nitrogens is 1. The summed E-state index contributed by atoms with van der Waals surface area (Å²) in [5, 5.41) is 3.61. The van der Waals surface area contributed by atoms with E-state index in [4.69, 9.17) is 0 Å². The monoisotopic (exact) mass is 291 g/mol. The summed E-state index contributed by atoms with van der Waals surface area (Å²) in [4.78, 5) is 13.3. The Bertz CT molecular complexity index is 465. The predicted molar refractivity (Wildman–Crippen MR) is 86.3 cm³/mol. The number of rotatable bonds is 6. The van der Waals surface area contributed by atoms with E-state index in [-0.39, 0.29) is 5.91 Å². The summed E-state index contributed by atoms with van der Waals surface area (Å²) in [6.45, 7) is 4.13. The first-order valence-corrected chi connectivity index (χ1v) is 8.24. The van der Waals surface area contributed by atoms with Gasteiger partial charge in [0.2, 0.25) is 5.91 Å². The molecular formula is C17H29N3O. The molecule has 0 aromatic carbocycles. The molecule has 118 valence electrons. The van der Waals surface area contributed by atoms with Crippen molar-refractivity contribution < 1.29 is 4.79 Å². The molecule has 1 aromatic heterocycles. The van der Waals surface area contributed by atoms with Gasteiger partial charge >= 0.3 is 0 Å². The number of nitrogens with zero attached hydrogens (tertiary/aromatic N) is 2. The van der Waals surface area contributed by atoms with Gasteiger partial charge in [-0.3, -0.25) is 4.79 Å². The zero-order chi connectivity index (χ0) is 15.2. The van der Waals surface area contributed by atoms with Crippen molar-refractivity contribution in [3.8, 4) is 0 Å². The van der Waals surface area contributed by atoms with Crippen LogP contribution >= 0.6 is 0 Å². The van der Waals surface area contributed by atoms with Crippen molar-refractivity contribution in [3.63, 3.8) is 0 Å². The lowest BCUT2D eigenvalue weighted by atomic mass is 10.0. The number of carbonyl (C=O) groups excluding carboxylic acids is 1. The normalized spacial score (nSPS) is 18.1. The number of fused-ring (bicyclic) bond motifs is 1. The van der Waals surface area contributed by atoms with Crippen LogP contribution in [-0.4, -0.2) is 36.0 Å². The maximum atomic E-state index is 11.6. The summed E-state index contributed by atoms with van der Waals surface area (Å²) in [7, 11) is 3.64. The molecule has 1 unspecified atom stereocenters. The van der Waals surface area contributed by atoms with Gasteiger partial charge in [-0.05, 0) is 43.4 Å². The number of nitrogens with one attached hydrogen (secondary N) is 1. The van der Waals surface area contributed by atoms with Crippen molar-refractivity contribution in [3.05, 3.63) is 23.5 Å². The highest BCUT2D eigenvalue weighted by Gasteiger charge is 2.19. The number of amides is 1. The van der Waals surface area contributed by atoms with E-state index in [1.165, 1.54) is 36.8 Å². The summed E-state index contributed by atoms with van der Waals surface area (Å²) in [6, 6.07) is 0.511. The minimum absolute atomic E-state index is 0.217. The quantitative estimate of drug-likeness (QED) is 0.818. The highest BCUT2D eigenvalue weighted by atomic mass is 16.2. The van der Waals surface area contributed by atoms with Gasteiger partial charge in [0, 0.05) is 45.5 Å². The molecule has 4 nitrogen and oxygen atoms in total. The molecule has 0 aliphatic heterocycles. The standard InChI is InChI=1S/C17H29N3O/c1-4-18-16-9-6-5-8-14-12-20(13-15(14)16)11-7-10-17(21)19(2)3/h12-13,16,18H,4-11H2,1-3H3. The molecule has 1 N–H and O–H groups in total. The van der Waals surface area contributed by atoms with E-state index >= 15 is 0 Å². The molecular weight excluding hydrogens is 262 g/mol. The van der Waals surface area contributed by atoms with Gasteiger partial charge in [0.25, 0.3) is 0 Å². The minimum Gasteiger partial charge on any atom is -0.354 e. The highest BCUT2D eigenvalue weighted by Crippen LogP contribution is 2.29. The van der Waals surface area contributed by atoms with E-state index in [0.29, 0.717) is 12.5 Å². The lowest BCUT2D eigenvalue weighted by Crippen LogP contribution is -2.21. The lowest BCUT2D eigenvalue weighted by molar-refractivity contribution is -0.128. The van der Waals surface area contributed by atoms with Gasteiger partial charge in [0.15, 0.2) is 0 Å². The number of carbonyl (C=O) groups is 1. The molecule has 1 amide bonds. The average Bonchev–Trinajstić information content (AvgIpc) is 2.76. The second-order valence-corrected chi connectivity index (χ2v) is 6.22. The van der Waals surface area contributed by atoms with Gasteiger partial charge < -0.3 is 14.8 Å². The number of aryl methyl sites for hydroxylation is 2. The molecule has 1 heterocycles. The summed E-state index contributed by atoms with van der Waals surface area (Å²) in [5.74, 6) is 0.217. The van der Waals surface area contributed by atoms with Crippen LogP contribution in [-0.2, 0) is 17.8 Å². The molecule has 1 atom stereocenters. The Balaban J connectivity index is 1.97. The lowest BCUT2D eigenvalue weighted by Gasteiger charge is -2.15. The third kappa shape index (κ3) is 4.34. The van der Waals surface area contributed by atoms with E-state index in [0.717, 1.165) is 19.5 Å². The molecule has 0 saturated heterocycles. The van der Waals surface area contributed by atoms with Crippen LogP contribution in [0, 0.1) is 0 Å². The maximum Gasteiger partial charge on any atom is 0.222 e. The van der Waals surface area contributed by atoms with Gasteiger partial charge in [-0.15, -0.1) is 0 Å². The molecule has 0 radical (unpaired) electrons. The summed E-state index contributed by atoms with van der Waals surface area (Å²) < 4.78 is 2.28. The second kappa shape index (κ2) is 7.64. The summed E-state index contributed by atoms with van der Waals surface area (Å²) in [5.41, 5.74) is 2.98. The molecule has 1 aliphatic carbocycles. The van der Waals surface area contributed by atoms with Crippen LogP contribution in [0.3, 0.4) is 0 Å². The van der Waals surface area contributed by atoms with Crippen molar-refractivity contribution >= 4 is 5.91 Å². The van der Waals surface area contributed by atoms with Crippen LogP contribution in [0.5, 0.6) is 0 Å². The first-order valence-electron chi connectivity index (χ1n) is 8.24. The highest BCUT2D eigenvalue weighted by molar-refractivity contribution is 5.75. The Morgan fingerprint density at radius 1 is 1.38 bits per heavy atom. The SMILES string of the molecule is CCNC1CCCCc2cn(CCCC(=O)N(C)C)cc21. The molecule has 0 spiro atoms. The van der Waals surface area contributed by atoms with Gasteiger partial charge in [-0.1, -0.05) is 13.3 Å². The first kappa shape index (κ1) is 16.1. The van der Waals surface area contributed by atoms with Crippen LogP contribution in [0.1, 0.15) is 56.2 Å². The Labute approximate surface area is 128 Å². The van der Waals surface area contributed by atoms with E-state index in [1.54, 1.807) is 4.90 Å². The molecule has 2 rings (SSSR count). The van der Waals surface area contributed by atoms with Crippen LogP contribution in [0.2, 0.25) is 0 Å². The molecule has 1 aromatic rings. The number of hydrogen-bond acceptors (Lipinski definition) is 2. The van der Waals surface area contributed by atoms with Crippen LogP contribution in [0.4, 0.5) is 0 Å². The molecule has 0 saturated carbocycles. The Kier molecular flexibility index (Phi) is 5.85. The van der Waals surface area contributed by atoms with E-state index in [2.05, 4.69) is 29.2 Å². The van der Waals surface area contributed by atoms with Crippen molar-refractivity contribution in [2.24, 2.45) is 0 Å². The topological polar surface area (TPSA) is 37.3 Å². The third-order valence-electron chi connectivity index (χ3n) is 4.32. The van der Waals surface area contributed by atoms with Crippen molar-refractivity contribution in [2.45, 2.75) is 58.0 Å². The average molecular weight is 291 g/mol. The molecule has 1 aliphatic rings. The second-order valence-electron chi connectivity index (χ2n) is 6.22. The van der Waals surface area contributed by atoms with Crippen molar-refractivity contribution in [1.29, 1.82) is 0 Å². The van der Waals surface area contributed by atoms with Crippen molar-refractivity contribution in [2.75, 3.05) is 20.6 Å². The third-order valence-corrected chi connectivity index (χ3v) is 4.32. The Morgan fingerprint density at radius 2 is 2.19 bits per heavy atom. The molecule has 21 heavy (non-hydrogen) atoms. The van der Waals surface area contributed by atoms with Crippen LogP contribution < -0.4 is 5.32 Å². The zero-order valence-corrected chi connectivity index (χ0v) is 13.7. The fourth-order valence-corrected chi connectivity index (χ4v) is 3.14. The summed E-state index contributed by atoms with van der Waals surface area (Å²) >= 11 is 0.